The fourth-order valence-corrected chi connectivity index (χ4v) is 5.84. The summed E-state index contributed by atoms with van der Waals surface area (Å²) >= 11 is 1.58. The van der Waals surface area contributed by atoms with Crippen molar-refractivity contribution in [3.05, 3.63) is 57.9 Å². The van der Waals surface area contributed by atoms with Gasteiger partial charge in [0.2, 0.25) is 0 Å². The summed E-state index contributed by atoms with van der Waals surface area (Å²) in [5.74, 6) is 0.104. The van der Waals surface area contributed by atoms with Gasteiger partial charge >= 0.3 is 6.03 Å². The minimum absolute atomic E-state index is 0.0476. The van der Waals surface area contributed by atoms with Crippen molar-refractivity contribution < 1.29 is 14.3 Å². The zero-order valence-electron chi connectivity index (χ0n) is 18.5. The molecule has 0 saturated carbocycles. The number of Topliss-reactive ketones (excluding diaryl/α,β-unsaturated/α-hetero) is 1. The van der Waals surface area contributed by atoms with E-state index in [1.165, 1.54) is 0 Å². The van der Waals surface area contributed by atoms with Gasteiger partial charge in [-0.3, -0.25) is 9.69 Å². The Kier molecular flexibility index (Phi) is 5.55. The van der Waals surface area contributed by atoms with E-state index in [2.05, 4.69) is 24.5 Å². The molecule has 3 aliphatic rings. The quantitative estimate of drug-likeness (QED) is 0.668. The molecular formula is C25H29N3O3S. The van der Waals surface area contributed by atoms with Crippen molar-refractivity contribution in [3.63, 3.8) is 0 Å². The van der Waals surface area contributed by atoms with Crippen molar-refractivity contribution in [1.82, 2.24) is 5.32 Å². The van der Waals surface area contributed by atoms with Crippen LogP contribution in [-0.4, -0.2) is 31.1 Å². The number of amides is 2. The Morgan fingerprint density at radius 3 is 2.84 bits per heavy atom. The summed E-state index contributed by atoms with van der Waals surface area (Å²) < 4.78 is 5.70. The molecule has 0 bridgehead atoms. The van der Waals surface area contributed by atoms with Gasteiger partial charge in [0.1, 0.15) is 6.04 Å². The van der Waals surface area contributed by atoms with E-state index in [-0.39, 0.29) is 23.3 Å². The SMILES string of the molecule is CC1(C)CC(=O)C2=C(C1)Nc1ccccc1N(C(=O)NC[C@H]1CCCO1)[C@@H]2c1cccs1. The molecule has 2 aliphatic heterocycles. The highest BCUT2D eigenvalue weighted by atomic mass is 32.1. The summed E-state index contributed by atoms with van der Waals surface area (Å²) in [5.41, 5.74) is 3.11. The predicted molar refractivity (Wildman–Crippen MR) is 127 cm³/mol. The van der Waals surface area contributed by atoms with Crippen LogP contribution in [0.15, 0.2) is 53.0 Å². The number of nitrogens with one attached hydrogen (secondary N) is 2. The lowest BCUT2D eigenvalue weighted by atomic mass is 9.74. The number of allylic oxidation sites excluding steroid dienone is 1. The monoisotopic (exact) mass is 451 g/mol. The van der Waals surface area contributed by atoms with Crippen molar-refractivity contribution in [1.29, 1.82) is 0 Å². The Bertz CT molecular complexity index is 1050. The Morgan fingerprint density at radius 2 is 2.09 bits per heavy atom. The van der Waals surface area contributed by atoms with Crippen LogP contribution in [0.25, 0.3) is 0 Å². The van der Waals surface area contributed by atoms with Crippen LogP contribution in [0.3, 0.4) is 0 Å². The Morgan fingerprint density at radius 1 is 1.25 bits per heavy atom. The first kappa shape index (κ1) is 21.2. The topological polar surface area (TPSA) is 70.7 Å². The summed E-state index contributed by atoms with van der Waals surface area (Å²) in [4.78, 5) is 30.0. The number of carbonyl (C=O) groups is 2. The zero-order valence-corrected chi connectivity index (χ0v) is 19.3. The van der Waals surface area contributed by atoms with Crippen molar-refractivity contribution in [2.24, 2.45) is 5.41 Å². The largest absolute Gasteiger partial charge is 0.376 e. The van der Waals surface area contributed by atoms with Crippen molar-refractivity contribution in [2.75, 3.05) is 23.4 Å². The van der Waals surface area contributed by atoms with Crippen molar-refractivity contribution >= 4 is 34.5 Å². The van der Waals surface area contributed by atoms with Crippen molar-refractivity contribution in [2.45, 2.75) is 51.7 Å². The molecule has 5 rings (SSSR count). The Hall–Kier alpha value is -2.64. The van der Waals surface area contributed by atoms with Crippen LogP contribution in [-0.2, 0) is 9.53 Å². The number of fused-ring (bicyclic) bond motifs is 1. The number of ketones is 1. The number of anilines is 2. The number of hydrogen-bond acceptors (Lipinski definition) is 5. The summed E-state index contributed by atoms with van der Waals surface area (Å²) in [5, 5.41) is 8.62. The molecule has 1 aromatic carbocycles. The number of ether oxygens (including phenoxy) is 1. The molecule has 2 amide bonds. The van der Waals surface area contributed by atoms with E-state index < -0.39 is 6.04 Å². The maximum Gasteiger partial charge on any atom is 0.322 e. The maximum absolute atomic E-state index is 13.7. The van der Waals surface area contributed by atoms with Gasteiger partial charge < -0.3 is 15.4 Å². The predicted octanol–water partition coefficient (Wildman–Crippen LogP) is 5.25. The second-order valence-corrected chi connectivity index (χ2v) is 10.6. The summed E-state index contributed by atoms with van der Waals surface area (Å²) in [7, 11) is 0. The first-order valence-corrected chi connectivity index (χ1v) is 12.2. The number of benzene rings is 1. The number of nitrogens with zero attached hydrogens (tertiary/aromatic N) is 1. The maximum atomic E-state index is 13.7. The molecule has 2 aromatic rings. The number of thiophene rings is 1. The average molecular weight is 452 g/mol. The molecule has 1 aromatic heterocycles. The van der Waals surface area contributed by atoms with Crippen LogP contribution < -0.4 is 15.5 Å². The molecule has 0 unspecified atom stereocenters. The molecule has 0 radical (unpaired) electrons. The third kappa shape index (κ3) is 3.95. The van der Waals surface area contributed by atoms with Crippen LogP contribution in [0.4, 0.5) is 16.2 Å². The highest BCUT2D eigenvalue weighted by Crippen LogP contribution is 2.48. The molecule has 6 nitrogen and oxygen atoms in total. The minimum Gasteiger partial charge on any atom is -0.376 e. The average Bonchev–Trinajstić information content (AvgIpc) is 3.43. The van der Waals surface area contributed by atoms with Gasteiger partial charge in [-0.2, -0.15) is 0 Å². The molecule has 3 heterocycles. The van der Waals surface area contributed by atoms with Crippen LogP contribution in [0, 0.1) is 5.41 Å². The zero-order chi connectivity index (χ0) is 22.3. The number of para-hydroxylation sites is 2. The number of rotatable bonds is 3. The van der Waals surface area contributed by atoms with Crippen LogP contribution in [0.5, 0.6) is 0 Å². The summed E-state index contributed by atoms with van der Waals surface area (Å²) in [6.45, 7) is 5.46. The molecule has 32 heavy (non-hydrogen) atoms. The molecule has 7 heteroatoms. The Balaban J connectivity index is 1.61. The normalized spacial score (nSPS) is 24.4. The molecule has 0 spiro atoms. The first-order chi connectivity index (χ1) is 15.4. The van der Waals surface area contributed by atoms with E-state index in [0.29, 0.717) is 18.5 Å². The number of hydrogen-bond donors (Lipinski definition) is 2. The standard InChI is InChI=1S/C25H29N3O3S/c1-25(2)13-18-22(20(29)14-25)23(21-10-6-12-32-21)28(19-9-4-3-8-17(19)27-18)24(30)26-15-16-7-5-11-31-16/h3-4,6,8-10,12,16,23,27H,5,7,11,13-15H2,1-2H3,(H,26,30)/t16-,23-/m1/s1. The second-order valence-electron chi connectivity index (χ2n) is 9.58. The second kappa shape index (κ2) is 8.37. The van der Waals surface area contributed by atoms with E-state index in [9.17, 15) is 9.59 Å². The van der Waals surface area contributed by atoms with E-state index in [4.69, 9.17) is 4.74 Å². The summed E-state index contributed by atoms with van der Waals surface area (Å²) in [6, 6.07) is 11.1. The lowest BCUT2D eigenvalue weighted by Crippen LogP contribution is -2.46. The molecule has 1 aliphatic carbocycles. The third-order valence-electron chi connectivity index (χ3n) is 6.44. The van der Waals surface area contributed by atoms with E-state index >= 15 is 0 Å². The number of urea groups is 1. The lowest BCUT2D eigenvalue weighted by molar-refractivity contribution is -0.118. The molecule has 1 saturated heterocycles. The smallest absolute Gasteiger partial charge is 0.322 e. The van der Waals surface area contributed by atoms with Gasteiger partial charge in [-0.05, 0) is 48.3 Å². The molecule has 1 fully saturated rings. The van der Waals surface area contributed by atoms with Crippen LogP contribution >= 0.6 is 11.3 Å². The van der Waals surface area contributed by atoms with Gasteiger partial charge in [0.25, 0.3) is 0 Å². The Labute approximate surface area is 192 Å². The highest BCUT2D eigenvalue weighted by Gasteiger charge is 2.43. The van der Waals surface area contributed by atoms with Gasteiger partial charge in [-0.15, -0.1) is 11.3 Å². The molecule has 2 N–H and O–H groups in total. The van der Waals surface area contributed by atoms with E-state index in [1.54, 1.807) is 16.2 Å². The minimum atomic E-state index is -0.464. The fourth-order valence-electron chi connectivity index (χ4n) is 5.02. The van der Waals surface area contributed by atoms with Gasteiger partial charge in [-0.25, -0.2) is 4.79 Å². The first-order valence-electron chi connectivity index (χ1n) is 11.3. The van der Waals surface area contributed by atoms with Crippen molar-refractivity contribution in [3.8, 4) is 0 Å². The summed E-state index contributed by atoms with van der Waals surface area (Å²) in [6.07, 6.45) is 3.25. The third-order valence-corrected chi connectivity index (χ3v) is 7.36. The van der Waals surface area contributed by atoms with Gasteiger partial charge in [0, 0.05) is 35.7 Å². The fraction of sp³-hybridized carbons (Fsp3) is 0.440. The molecule has 168 valence electrons. The van der Waals surface area contributed by atoms with Gasteiger partial charge in [-0.1, -0.05) is 32.0 Å². The van der Waals surface area contributed by atoms with Crippen LogP contribution in [0.1, 0.15) is 50.4 Å². The lowest BCUT2D eigenvalue weighted by Gasteiger charge is -2.36. The number of carbonyl (C=O) groups excluding carboxylic acids is 2. The molecular weight excluding hydrogens is 422 g/mol. The van der Waals surface area contributed by atoms with Gasteiger partial charge in [0.15, 0.2) is 5.78 Å². The van der Waals surface area contributed by atoms with Crippen LogP contribution in [0.2, 0.25) is 0 Å². The van der Waals surface area contributed by atoms with E-state index in [1.807, 2.05) is 41.8 Å². The van der Waals surface area contributed by atoms with Gasteiger partial charge in [0.05, 0.1) is 17.5 Å². The van der Waals surface area contributed by atoms with E-state index in [0.717, 1.165) is 47.8 Å². The molecule has 2 atom stereocenters. The highest BCUT2D eigenvalue weighted by molar-refractivity contribution is 7.10.